The van der Waals surface area contributed by atoms with Crippen molar-refractivity contribution < 1.29 is 0 Å². The largest absolute Gasteiger partial charge is 0.332 e. The lowest BCUT2D eigenvalue weighted by Crippen LogP contribution is -2.57. The Balaban J connectivity index is 1.73. The molecule has 0 radical (unpaired) electrons. The van der Waals surface area contributed by atoms with Gasteiger partial charge < -0.3 is 4.98 Å². The summed E-state index contributed by atoms with van der Waals surface area (Å²) in [4.78, 5) is 4.16. The highest BCUT2D eigenvalue weighted by Gasteiger charge is 2.43. The molecule has 1 heterocycles. The third-order valence-electron chi connectivity index (χ3n) is 5.76. The van der Waals surface area contributed by atoms with Crippen molar-refractivity contribution in [3.63, 3.8) is 0 Å². The zero-order valence-electron chi connectivity index (χ0n) is 15.2. The maximum absolute atomic E-state index is 4.16. The van der Waals surface area contributed by atoms with E-state index >= 15 is 0 Å². The molecule has 24 heavy (non-hydrogen) atoms. The number of fused-ring (bicyclic) bond motifs is 3. The first-order chi connectivity index (χ1) is 11.5. The summed E-state index contributed by atoms with van der Waals surface area (Å²) in [5, 5.41) is 0. The number of hydrogen-bond donors (Lipinski definition) is 1. The second-order valence-corrected chi connectivity index (χ2v) is 13.0. The molecule has 2 aromatic rings. The van der Waals surface area contributed by atoms with E-state index in [0.717, 1.165) is 0 Å². The van der Waals surface area contributed by atoms with E-state index in [1.807, 2.05) is 0 Å². The SMILES string of the molecule is CC(C)(C)N[Si]1(CC2c3ccccc3-c3ccccc32)CCCC1. The topological polar surface area (TPSA) is 12.0 Å². The average molecular weight is 336 g/mol. The molecule has 0 spiro atoms. The fourth-order valence-corrected chi connectivity index (χ4v) is 10.8. The zero-order valence-corrected chi connectivity index (χ0v) is 16.2. The summed E-state index contributed by atoms with van der Waals surface area (Å²) in [5.74, 6) is 0.594. The van der Waals surface area contributed by atoms with Crippen LogP contribution < -0.4 is 4.98 Å². The Hall–Kier alpha value is -1.38. The number of nitrogens with one attached hydrogen (secondary N) is 1. The normalized spacial score (nSPS) is 19.3. The van der Waals surface area contributed by atoms with Crippen molar-refractivity contribution in [3.8, 4) is 11.1 Å². The molecule has 1 fully saturated rings. The molecule has 0 atom stereocenters. The molecule has 0 amide bonds. The van der Waals surface area contributed by atoms with Crippen LogP contribution in [-0.4, -0.2) is 13.8 Å². The molecule has 126 valence electrons. The van der Waals surface area contributed by atoms with Crippen LogP contribution in [0.1, 0.15) is 50.7 Å². The molecule has 0 unspecified atom stereocenters. The Morgan fingerprint density at radius 2 is 1.38 bits per heavy atom. The Bertz CT molecular complexity index is 692. The van der Waals surface area contributed by atoms with Gasteiger partial charge in [-0.3, -0.25) is 0 Å². The lowest BCUT2D eigenvalue weighted by atomic mass is 9.99. The van der Waals surface area contributed by atoms with Crippen molar-refractivity contribution in [1.29, 1.82) is 0 Å². The molecular formula is C22H29NSi. The van der Waals surface area contributed by atoms with E-state index in [4.69, 9.17) is 0 Å². The second-order valence-electron chi connectivity index (χ2n) is 8.79. The van der Waals surface area contributed by atoms with Crippen molar-refractivity contribution in [2.24, 2.45) is 0 Å². The molecule has 0 bridgehead atoms. The minimum atomic E-state index is -1.42. The van der Waals surface area contributed by atoms with E-state index in [1.54, 1.807) is 11.1 Å². The fraction of sp³-hybridized carbons (Fsp3) is 0.455. The van der Waals surface area contributed by atoms with Crippen LogP contribution in [0.5, 0.6) is 0 Å². The first-order valence-corrected chi connectivity index (χ1v) is 12.1. The predicted molar refractivity (Wildman–Crippen MR) is 106 cm³/mol. The van der Waals surface area contributed by atoms with Gasteiger partial charge in [0, 0.05) is 11.5 Å². The lowest BCUT2D eigenvalue weighted by molar-refractivity contribution is 0.507. The predicted octanol–water partition coefficient (Wildman–Crippen LogP) is 5.93. The highest BCUT2D eigenvalue weighted by molar-refractivity contribution is 6.78. The minimum absolute atomic E-state index is 0.230. The standard InChI is InChI=1S/C22H29NSi/c1-22(2,3)23-24(14-8-9-15-24)16-21-19-12-6-4-10-17(19)18-11-5-7-13-20(18)21/h4-7,10-13,21,23H,8-9,14-16H2,1-3H3. The highest BCUT2D eigenvalue weighted by Crippen LogP contribution is 2.50. The van der Waals surface area contributed by atoms with Crippen molar-refractivity contribution in [1.82, 2.24) is 4.98 Å². The van der Waals surface area contributed by atoms with Crippen molar-refractivity contribution >= 4 is 8.24 Å². The van der Waals surface area contributed by atoms with Crippen LogP contribution in [0.25, 0.3) is 11.1 Å². The summed E-state index contributed by atoms with van der Waals surface area (Å²) in [7, 11) is -1.42. The van der Waals surface area contributed by atoms with Gasteiger partial charge in [-0.05, 0) is 61.2 Å². The third-order valence-corrected chi connectivity index (χ3v) is 10.8. The summed E-state index contributed by atoms with van der Waals surface area (Å²) in [6.45, 7) is 7.03. The molecule has 0 saturated carbocycles. The zero-order chi connectivity index (χ0) is 16.8. The van der Waals surface area contributed by atoms with Gasteiger partial charge in [-0.15, -0.1) is 0 Å². The van der Waals surface area contributed by atoms with Gasteiger partial charge in [0.1, 0.15) is 8.24 Å². The van der Waals surface area contributed by atoms with Crippen LogP contribution in [0.4, 0.5) is 0 Å². The first-order valence-electron chi connectivity index (χ1n) is 9.45. The molecule has 0 aromatic heterocycles. The monoisotopic (exact) mass is 335 g/mol. The van der Waals surface area contributed by atoms with Crippen LogP contribution in [0.2, 0.25) is 18.1 Å². The summed E-state index contributed by atoms with van der Waals surface area (Å²) in [6, 6.07) is 22.4. The minimum Gasteiger partial charge on any atom is -0.332 e. The summed E-state index contributed by atoms with van der Waals surface area (Å²) in [6.07, 6.45) is 2.84. The van der Waals surface area contributed by atoms with Gasteiger partial charge in [0.25, 0.3) is 0 Å². The molecule has 1 aliphatic carbocycles. The molecule has 2 heteroatoms. The molecule has 2 aromatic carbocycles. The van der Waals surface area contributed by atoms with Crippen molar-refractivity contribution in [2.75, 3.05) is 0 Å². The molecule has 1 aliphatic heterocycles. The molecule has 1 saturated heterocycles. The molecule has 1 nitrogen and oxygen atoms in total. The van der Waals surface area contributed by atoms with E-state index in [2.05, 4.69) is 74.3 Å². The van der Waals surface area contributed by atoms with Crippen LogP contribution in [0, 0.1) is 0 Å². The quantitative estimate of drug-likeness (QED) is 0.686. The number of hydrogen-bond acceptors (Lipinski definition) is 1. The van der Waals surface area contributed by atoms with Crippen LogP contribution in [0.15, 0.2) is 48.5 Å². The van der Waals surface area contributed by atoms with Gasteiger partial charge >= 0.3 is 0 Å². The molecule has 4 rings (SSSR count). The van der Waals surface area contributed by atoms with E-state index in [0.29, 0.717) is 5.92 Å². The van der Waals surface area contributed by atoms with E-state index in [-0.39, 0.29) is 5.54 Å². The number of rotatable bonds is 3. The van der Waals surface area contributed by atoms with E-state index in [9.17, 15) is 0 Å². The van der Waals surface area contributed by atoms with Gasteiger partial charge in [-0.25, -0.2) is 0 Å². The first kappa shape index (κ1) is 16.1. The van der Waals surface area contributed by atoms with Crippen LogP contribution >= 0.6 is 0 Å². The smallest absolute Gasteiger partial charge is 0.127 e. The molecular weight excluding hydrogens is 306 g/mol. The summed E-state index contributed by atoms with van der Waals surface area (Å²) >= 11 is 0. The van der Waals surface area contributed by atoms with Gasteiger partial charge in [0.2, 0.25) is 0 Å². The lowest BCUT2D eigenvalue weighted by Gasteiger charge is -2.38. The highest BCUT2D eigenvalue weighted by atomic mass is 28.3. The summed E-state index contributed by atoms with van der Waals surface area (Å²) < 4.78 is 0. The van der Waals surface area contributed by atoms with Crippen LogP contribution in [-0.2, 0) is 0 Å². The van der Waals surface area contributed by atoms with Crippen LogP contribution in [0.3, 0.4) is 0 Å². The maximum atomic E-state index is 4.16. The average Bonchev–Trinajstić information content (AvgIpc) is 3.11. The third kappa shape index (κ3) is 2.87. The number of benzene rings is 2. The summed E-state index contributed by atoms with van der Waals surface area (Å²) in [5.41, 5.74) is 6.29. The maximum Gasteiger partial charge on any atom is 0.127 e. The van der Waals surface area contributed by atoms with E-state index in [1.165, 1.54) is 42.1 Å². The Morgan fingerprint density at radius 3 is 1.88 bits per heavy atom. The Kier molecular flexibility index (Phi) is 3.93. The molecule has 2 aliphatic rings. The Morgan fingerprint density at radius 1 is 0.875 bits per heavy atom. The second kappa shape index (κ2) is 5.85. The van der Waals surface area contributed by atoms with E-state index < -0.39 is 8.24 Å². The molecule has 1 N–H and O–H groups in total. The van der Waals surface area contributed by atoms with Gasteiger partial charge in [0.15, 0.2) is 0 Å². The van der Waals surface area contributed by atoms with Gasteiger partial charge in [-0.1, -0.05) is 61.4 Å². The van der Waals surface area contributed by atoms with Gasteiger partial charge in [0.05, 0.1) is 0 Å². The van der Waals surface area contributed by atoms with Crippen molar-refractivity contribution in [2.45, 2.75) is 63.2 Å². The Labute approximate surface area is 147 Å². The fourth-order valence-electron chi connectivity index (χ4n) is 5.10. The van der Waals surface area contributed by atoms with Gasteiger partial charge in [-0.2, -0.15) is 0 Å². The van der Waals surface area contributed by atoms with Crippen molar-refractivity contribution in [3.05, 3.63) is 59.7 Å².